The molecule has 0 radical (unpaired) electrons. The number of aryl methyl sites for hydroxylation is 2. The maximum absolute atomic E-state index is 13.7. The smallest absolute Gasteiger partial charge is 0.263 e. The predicted molar refractivity (Wildman–Crippen MR) is 122 cm³/mol. The first-order chi connectivity index (χ1) is 14.1. The highest BCUT2D eigenvalue weighted by Crippen LogP contribution is 2.35. The molecule has 0 unspecified atom stereocenters. The van der Waals surface area contributed by atoms with E-state index in [-0.39, 0.29) is 5.56 Å². The topological polar surface area (TPSA) is 34.9 Å². The minimum Gasteiger partial charge on any atom is -0.287 e. The van der Waals surface area contributed by atoms with E-state index in [1.807, 2.05) is 36.4 Å². The van der Waals surface area contributed by atoms with Crippen molar-refractivity contribution in [2.24, 2.45) is 0 Å². The molecule has 2 aromatic heterocycles. The van der Waals surface area contributed by atoms with Gasteiger partial charge in [0.25, 0.3) is 5.56 Å². The van der Waals surface area contributed by atoms with Crippen molar-refractivity contribution in [3.05, 3.63) is 84.9 Å². The van der Waals surface area contributed by atoms with Crippen molar-refractivity contribution >= 4 is 44.8 Å². The summed E-state index contributed by atoms with van der Waals surface area (Å²) in [6, 6.07) is 15.2. The molecule has 1 aliphatic rings. The molecular formula is C23H18Cl2N2OS. The van der Waals surface area contributed by atoms with Gasteiger partial charge in [-0.15, -0.1) is 11.3 Å². The number of thiophene rings is 1. The van der Waals surface area contributed by atoms with Gasteiger partial charge in [-0.1, -0.05) is 59.6 Å². The van der Waals surface area contributed by atoms with Crippen molar-refractivity contribution in [2.45, 2.75) is 32.2 Å². The monoisotopic (exact) mass is 440 g/mol. The van der Waals surface area contributed by atoms with E-state index in [0.717, 1.165) is 40.6 Å². The van der Waals surface area contributed by atoms with Gasteiger partial charge in [-0.05, 0) is 48.9 Å². The Labute approximate surface area is 182 Å². The van der Waals surface area contributed by atoms with Crippen LogP contribution >= 0.6 is 34.5 Å². The number of hydrogen-bond acceptors (Lipinski definition) is 3. The lowest BCUT2D eigenvalue weighted by molar-refractivity contribution is 0.698. The Bertz CT molecular complexity index is 1280. The van der Waals surface area contributed by atoms with E-state index < -0.39 is 0 Å². The Morgan fingerprint density at radius 2 is 1.83 bits per heavy atom. The third-order valence-electron chi connectivity index (χ3n) is 5.45. The van der Waals surface area contributed by atoms with Crippen LogP contribution in [0, 0.1) is 0 Å². The number of benzene rings is 2. The summed E-state index contributed by atoms with van der Waals surface area (Å²) in [5, 5.41) is 1.92. The van der Waals surface area contributed by atoms with Gasteiger partial charge in [0.1, 0.15) is 10.7 Å². The number of nitrogens with zero attached hydrogens (tertiary/aromatic N) is 2. The lowest BCUT2D eigenvalue weighted by Crippen LogP contribution is -2.24. The van der Waals surface area contributed by atoms with Crippen molar-refractivity contribution in [3.8, 4) is 11.4 Å². The fourth-order valence-corrected chi connectivity index (χ4v) is 5.73. The lowest BCUT2D eigenvalue weighted by atomic mass is 9.97. The number of halogens is 2. The first-order valence-electron chi connectivity index (χ1n) is 9.66. The maximum Gasteiger partial charge on any atom is 0.263 e. The van der Waals surface area contributed by atoms with Gasteiger partial charge in [0, 0.05) is 20.5 Å². The molecule has 2 heterocycles. The molecule has 6 heteroatoms. The highest BCUT2D eigenvalue weighted by atomic mass is 35.5. The van der Waals surface area contributed by atoms with E-state index in [2.05, 4.69) is 0 Å². The maximum atomic E-state index is 13.7. The molecule has 0 aliphatic heterocycles. The number of aromatic nitrogens is 2. The van der Waals surface area contributed by atoms with Crippen LogP contribution < -0.4 is 5.56 Å². The zero-order chi connectivity index (χ0) is 20.0. The summed E-state index contributed by atoms with van der Waals surface area (Å²) < 4.78 is 1.76. The van der Waals surface area contributed by atoms with Crippen LogP contribution in [0.3, 0.4) is 0 Å². The second-order valence-corrected chi connectivity index (χ2v) is 9.25. The summed E-state index contributed by atoms with van der Waals surface area (Å²) >= 11 is 14.2. The lowest BCUT2D eigenvalue weighted by Gasteiger charge is -2.15. The van der Waals surface area contributed by atoms with Gasteiger partial charge in [-0.25, -0.2) is 4.98 Å². The predicted octanol–water partition coefficient (Wildman–Crippen LogP) is 6.36. The SMILES string of the molecule is O=c1c2c3c(sc2nc(-c2ccccc2)n1Cc1ccc(Cl)cc1Cl)CCCC3. The van der Waals surface area contributed by atoms with Crippen LogP contribution in [0.15, 0.2) is 53.3 Å². The van der Waals surface area contributed by atoms with Crippen LogP contribution in [0.2, 0.25) is 10.0 Å². The molecule has 0 bridgehead atoms. The molecule has 0 atom stereocenters. The summed E-state index contributed by atoms with van der Waals surface area (Å²) in [7, 11) is 0. The molecule has 0 amide bonds. The van der Waals surface area contributed by atoms with Crippen molar-refractivity contribution < 1.29 is 0 Å². The first kappa shape index (κ1) is 18.9. The Hall–Kier alpha value is -2.14. The van der Waals surface area contributed by atoms with Gasteiger partial charge < -0.3 is 0 Å². The molecule has 0 saturated heterocycles. The molecule has 0 fully saturated rings. The van der Waals surface area contributed by atoms with Crippen LogP contribution in [-0.4, -0.2) is 9.55 Å². The van der Waals surface area contributed by atoms with Crippen LogP contribution in [-0.2, 0) is 19.4 Å². The Morgan fingerprint density at radius 3 is 2.62 bits per heavy atom. The van der Waals surface area contributed by atoms with Gasteiger partial charge in [-0.3, -0.25) is 9.36 Å². The third kappa shape index (κ3) is 3.39. The van der Waals surface area contributed by atoms with Crippen molar-refractivity contribution in [1.29, 1.82) is 0 Å². The van der Waals surface area contributed by atoms with E-state index in [0.29, 0.717) is 22.4 Å². The van der Waals surface area contributed by atoms with Crippen LogP contribution in [0.1, 0.15) is 28.8 Å². The molecule has 5 rings (SSSR count). The summed E-state index contributed by atoms with van der Waals surface area (Å²) in [4.78, 5) is 20.8. The molecule has 0 N–H and O–H groups in total. The highest BCUT2D eigenvalue weighted by molar-refractivity contribution is 7.18. The second-order valence-electron chi connectivity index (χ2n) is 7.32. The summed E-state index contributed by atoms with van der Waals surface area (Å²) in [6.45, 7) is 0.354. The molecule has 0 saturated carbocycles. The molecule has 3 nitrogen and oxygen atoms in total. The number of fused-ring (bicyclic) bond motifs is 3. The van der Waals surface area contributed by atoms with Crippen LogP contribution in [0.5, 0.6) is 0 Å². The Balaban J connectivity index is 1.77. The second kappa shape index (κ2) is 7.60. The molecular weight excluding hydrogens is 423 g/mol. The van der Waals surface area contributed by atoms with E-state index in [1.165, 1.54) is 16.9 Å². The highest BCUT2D eigenvalue weighted by Gasteiger charge is 2.23. The number of rotatable bonds is 3. The third-order valence-corrected chi connectivity index (χ3v) is 7.22. The summed E-state index contributed by atoms with van der Waals surface area (Å²) in [5.41, 5.74) is 2.98. The van der Waals surface area contributed by atoms with Crippen LogP contribution in [0.25, 0.3) is 21.6 Å². The van der Waals surface area contributed by atoms with Gasteiger partial charge in [0.05, 0.1) is 11.9 Å². The van der Waals surface area contributed by atoms with Gasteiger partial charge in [-0.2, -0.15) is 0 Å². The zero-order valence-corrected chi connectivity index (χ0v) is 17.9. The molecule has 2 aromatic carbocycles. The van der Waals surface area contributed by atoms with E-state index >= 15 is 0 Å². The van der Waals surface area contributed by atoms with Crippen molar-refractivity contribution in [2.75, 3.05) is 0 Å². The van der Waals surface area contributed by atoms with Crippen molar-refractivity contribution in [3.63, 3.8) is 0 Å². The zero-order valence-electron chi connectivity index (χ0n) is 15.6. The molecule has 1 aliphatic carbocycles. The molecule has 29 heavy (non-hydrogen) atoms. The van der Waals surface area contributed by atoms with E-state index in [4.69, 9.17) is 28.2 Å². The van der Waals surface area contributed by atoms with Gasteiger partial charge in [0.2, 0.25) is 0 Å². The van der Waals surface area contributed by atoms with Gasteiger partial charge in [0.15, 0.2) is 0 Å². The fraction of sp³-hybridized carbons (Fsp3) is 0.217. The van der Waals surface area contributed by atoms with E-state index in [9.17, 15) is 4.79 Å². The Morgan fingerprint density at radius 1 is 1.03 bits per heavy atom. The minimum absolute atomic E-state index is 0.0132. The average molecular weight is 441 g/mol. The average Bonchev–Trinajstić information content (AvgIpc) is 3.11. The van der Waals surface area contributed by atoms with Gasteiger partial charge >= 0.3 is 0 Å². The standard InChI is InChI=1S/C23H18Cl2N2OS/c24-16-11-10-15(18(25)12-16)13-27-21(14-6-2-1-3-7-14)26-22-20(23(27)28)17-8-4-5-9-19(17)29-22/h1-3,6-7,10-12H,4-5,8-9,13H2. The number of hydrogen-bond donors (Lipinski definition) is 0. The van der Waals surface area contributed by atoms with Crippen LogP contribution in [0.4, 0.5) is 0 Å². The Kier molecular flexibility index (Phi) is 4.94. The fourth-order valence-electron chi connectivity index (χ4n) is 4.01. The largest absolute Gasteiger partial charge is 0.287 e. The summed E-state index contributed by atoms with van der Waals surface area (Å²) in [6.07, 6.45) is 4.31. The van der Waals surface area contributed by atoms with Crippen molar-refractivity contribution in [1.82, 2.24) is 9.55 Å². The minimum atomic E-state index is 0.0132. The molecule has 146 valence electrons. The molecule has 0 spiro atoms. The summed E-state index contributed by atoms with van der Waals surface area (Å²) in [5.74, 6) is 0.674. The normalized spacial score (nSPS) is 13.6. The molecule has 4 aromatic rings. The van der Waals surface area contributed by atoms with E-state index in [1.54, 1.807) is 28.0 Å². The quantitative estimate of drug-likeness (QED) is 0.371. The first-order valence-corrected chi connectivity index (χ1v) is 11.2.